The zero-order chi connectivity index (χ0) is 27.2. The van der Waals surface area contributed by atoms with E-state index in [1.54, 1.807) is 23.0 Å². The van der Waals surface area contributed by atoms with Gasteiger partial charge in [0.25, 0.3) is 11.5 Å². The minimum absolute atomic E-state index is 0.0538. The summed E-state index contributed by atoms with van der Waals surface area (Å²) in [5.74, 6) is -0.153. The Hall–Kier alpha value is -3.82. The summed E-state index contributed by atoms with van der Waals surface area (Å²) in [6.45, 7) is 8.18. The van der Waals surface area contributed by atoms with Crippen LogP contribution in [0.1, 0.15) is 56.5 Å². The molecule has 0 atom stereocenters. The van der Waals surface area contributed by atoms with Crippen LogP contribution in [0.5, 0.6) is 0 Å². The molecule has 0 radical (unpaired) electrons. The first-order chi connectivity index (χ1) is 17.9. The maximum atomic E-state index is 13.2. The molecule has 0 bridgehead atoms. The lowest BCUT2D eigenvalue weighted by molar-refractivity contribution is -0.245. The van der Waals surface area contributed by atoms with Gasteiger partial charge in [-0.3, -0.25) is 14.3 Å². The van der Waals surface area contributed by atoms with Crippen LogP contribution in [0.3, 0.4) is 0 Å². The van der Waals surface area contributed by atoms with Crippen molar-refractivity contribution >= 4 is 16.7 Å². The van der Waals surface area contributed by atoms with E-state index in [1.165, 1.54) is 9.75 Å². The van der Waals surface area contributed by atoms with Crippen molar-refractivity contribution in [3.05, 3.63) is 82.4 Å². The van der Waals surface area contributed by atoms with E-state index in [1.807, 2.05) is 77.3 Å². The molecule has 2 aromatic heterocycles. The highest BCUT2D eigenvalue weighted by atomic mass is 16.5. The third kappa shape index (κ3) is 4.87. The topological polar surface area (TPSA) is 105 Å². The number of fused-ring (bicyclic) bond motifs is 1. The highest BCUT2D eigenvalue weighted by Gasteiger charge is 2.45. The monoisotopic (exact) mass is 514 g/mol. The number of aromatic nitrogens is 4. The van der Waals surface area contributed by atoms with Crippen molar-refractivity contribution < 1.29 is 10.0 Å². The zero-order valence-electron chi connectivity index (χ0n) is 22.5. The largest absolute Gasteiger partial charge is 0.349 e. The molecule has 5 rings (SSSR count). The van der Waals surface area contributed by atoms with Crippen molar-refractivity contribution in [1.29, 1.82) is 0 Å². The van der Waals surface area contributed by atoms with Crippen LogP contribution in [-0.2, 0) is 13.6 Å². The van der Waals surface area contributed by atoms with Crippen molar-refractivity contribution in [3.8, 4) is 11.3 Å². The van der Waals surface area contributed by atoms with E-state index >= 15 is 0 Å². The van der Waals surface area contributed by atoms with Gasteiger partial charge in [0, 0.05) is 46.9 Å². The second kappa shape index (κ2) is 9.49. The molecule has 3 heterocycles. The number of nitrogens with one attached hydrogen (secondary N) is 1. The summed E-state index contributed by atoms with van der Waals surface area (Å²) < 4.78 is 3.17. The lowest BCUT2D eigenvalue weighted by Crippen LogP contribution is -2.62. The highest BCUT2D eigenvalue weighted by molar-refractivity contribution is 5.94. The van der Waals surface area contributed by atoms with Crippen LogP contribution in [0.25, 0.3) is 22.0 Å². The number of hydroxylamine groups is 2. The molecular formula is C29H34N6O3. The predicted molar refractivity (Wildman–Crippen MR) is 146 cm³/mol. The van der Waals surface area contributed by atoms with Crippen LogP contribution in [0.2, 0.25) is 0 Å². The van der Waals surface area contributed by atoms with E-state index in [0.29, 0.717) is 29.5 Å². The minimum Gasteiger partial charge on any atom is -0.349 e. The molecule has 0 spiro atoms. The maximum Gasteiger partial charge on any atom is 0.274 e. The van der Waals surface area contributed by atoms with E-state index < -0.39 is 11.1 Å². The number of nitrogens with zero attached hydrogens (tertiary/aromatic N) is 5. The normalized spacial score (nSPS) is 17.5. The molecule has 38 heavy (non-hydrogen) atoms. The average molecular weight is 515 g/mol. The average Bonchev–Trinajstić information content (AvgIpc) is 3.30. The van der Waals surface area contributed by atoms with Gasteiger partial charge in [0.2, 0.25) is 0 Å². The molecule has 2 aromatic carbocycles. The molecular weight excluding hydrogens is 480 g/mol. The number of amides is 1. The summed E-state index contributed by atoms with van der Waals surface area (Å²) in [4.78, 5) is 26.3. The Morgan fingerprint density at radius 3 is 2.26 bits per heavy atom. The lowest BCUT2D eigenvalue weighted by atomic mass is 9.79. The first-order valence-electron chi connectivity index (χ1n) is 12.8. The molecule has 1 aliphatic heterocycles. The van der Waals surface area contributed by atoms with Crippen molar-refractivity contribution in [2.24, 2.45) is 7.05 Å². The third-order valence-corrected chi connectivity index (χ3v) is 7.37. The van der Waals surface area contributed by atoms with Crippen LogP contribution in [-0.4, -0.2) is 52.9 Å². The number of aryl methyl sites for hydroxylation is 1. The summed E-state index contributed by atoms with van der Waals surface area (Å²) in [5.41, 5.74) is 1.88. The molecule has 0 aliphatic carbocycles. The van der Waals surface area contributed by atoms with Gasteiger partial charge in [0.05, 0.1) is 18.1 Å². The van der Waals surface area contributed by atoms with Gasteiger partial charge in [-0.2, -0.15) is 15.3 Å². The quantitative estimate of drug-likeness (QED) is 0.417. The van der Waals surface area contributed by atoms with Gasteiger partial charge in [0.15, 0.2) is 0 Å². The van der Waals surface area contributed by atoms with Gasteiger partial charge in [-0.05, 0) is 64.3 Å². The lowest BCUT2D eigenvalue weighted by Gasteiger charge is -2.51. The van der Waals surface area contributed by atoms with Crippen molar-refractivity contribution in [2.45, 2.75) is 64.2 Å². The number of benzene rings is 2. The van der Waals surface area contributed by atoms with E-state index in [2.05, 4.69) is 10.4 Å². The Morgan fingerprint density at radius 1 is 1.03 bits per heavy atom. The van der Waals surface area contributed by atoms with E-state index in [-0.39, 0.29) is 24.1 Å². The minimum atomic E-state index is -0.446. The molecule has 1 aliphatic rings. The predicted octanol–water partition coefficient (Wildman–Crippen LogP) is 3.99. The Labute approximate surface area is 221 Å². The molecule has 0 unspecified atom stereocenters. The molecule has 0 saturated carbocycles. The van der Waals surface area contributed by atoms with Gasteiger partial charge in [-0.1, -0.05) is 30.3 Å². The van der Waals surface area contributed by atoms with Gasteiger partial charge < -0.3 is 10.5 Å². The molecule has 198 valence electrons. The van der Waals surface area contributed by atoms with Crippen molar-refractivity contribution in [1.82, 2.24) is 29.9 Å². The fourth-order valence-corrected chi connectivity index (χ4v) is 5.67. The van der Waals surface area contributed by atoms with Gasteiger partial charge in [0.1, 0.15) is 5.69 Å². The third-order valence-electron chi connectivity index (χ3n) is 7.37. The van der Waals surface area contributed by atoms with Crippen LogP contribution in [0.15, 0.2) is 65.7 Å². The van der Waals surface area contributed by atoms with Crippen LogP contribution in [0, 0.1) is 0 Å². The Balaban J connectivity index is 1.36. The van der Waals surface area contributed by atoms with Crippen LogP contribution in [0.4, 0.5) is 0 Å². The summed E-state index contributed by atoms with van der Waals surface area (Å²) in [6, 6.07) is 14.7. The molecule has 1 saturated heterocycles. The second-order valence-corrected chi connectivity index (χ2v) is 11.5. The molecule has 1 fully saturated rings. The number of carbonyl (C=O) groups is 1. The van der Waals surface area contributed by atoms with Crippen LogP contribution < -0.4 is 10.9 Å². The molecule has 1 amide bonds. The molecule has 9 nitrogen and oxygen atoms in total. The molecule has 9 heteroatoms. The maximum absolute atomic E-state index is 13.2. The summed E-state index contributed by atoms with van der Waals surface area (Å²) in [5, 5.41) is 25.4. The fraction of sp³-hybridized carbons (Fsp3) is 0.379. The first-order valence-corrected chi connectivity index (χ1v) is 12.8. The Morgan fingerprint density at radius 2 is 1.66 bits per heavy atom. The number of hydrogen-bond acceptors (Lipinski definition) is 6. The standard InChI is InChI=1S/C29H34N6O3/c1-28(2)14-22(15-29(3,4)35(28)38)31-26(36)20-12-10-19(11-13-20)17-34-27(37)24-9-7-6-8-23(24)25(32-34)21-16-30-33(5)18-21/h6-13,16,18,22,38H,14-15,17H2,1-5H3,(H,31,36). The van der Waals surface area contributed by atoms with E-state index in [0.717, 1.165) is 16.5 Å². The summed E-state index contributed by atoms with van der Waals surface area (Å²) >= 11 is 0. The molecule has 2 N–H and O–H groups in total. The summed E-state index contributed by atoms with van der Waals surface area (Å²) in [7, 11) is 1.84. The van der Waals surface area contributed by atoms with E-state index in [9.17, 15) is 14.8 Å². The Bertz CT molecular complexity index is 1530. The van der Waals surface area contributed by atoms with Crippen molar-refractivity contribution in [2.75, 3.05) is 0 Å². The zero-order valence-corrected chi connectivity index (χ0v) is 22.5. The highest BCUT2D eigenvalue weighted by Crippen LogP contribution is 2.36. The first kappa shape index (κ1) is 25.8. The van der Waals surface area contributed by atoms with Crippen molar-refractivity contribution in [3.63, 3.8) is 0 Å². The number of rotatable bonds is 5. The molecule has 4 aromatic rings. The number of piperidine rings is 1. The van der Waals surface area contributed by atoms with E-state index in [4.69, 9.17) is 5.10 Å². The Kier molecular flexibility index (Phi) is 6.44. The van der Waals surface area contributed by atoms with Gasteiger partial charge in [-0.25, -0.2) is 4.68 Å². The number of hydrogen-bond donors (Lipinski definition) is 2. The smallest absolute Gasteiger partial charge is 0.274 e. The number of carbonyl (C=O) groups excluding carboxylic acids is 1. The van der Waals surface area contributed by atoms with Crippen LogP contribution >= 0.6 is 0 Å². The second-order valence-electron chi connectivity index (χ2n) is 11.5. The SMILES string of the molecule is Cn1cc(-c2nn(Cc3ccc(C(=O)NC4CC(C)(C)N(O)C(C)(C)C4)cc3)c(=O)c3ccccc23)cn1. The fourth-order valence-electron chi connectivity index (χ4n) is 5.67. The summed E-state index contributed by atoms with van der Waals surface area (Å²) in [6.07, 6.45) is 4.91. The van der Waals surface area contributed by atoms with Gasteiger partial charge in [-0.15, -0.1) is 0 Å². The van der Waals surface area contributed by atoms with Gasteiger partial charge >= 0.3 is 0 Å².